The van der Waals surface area contributed by atoms with Crippen molar-refractivity contribution in [1.29, 1.82) is 0 Å². The molecular formula is C27H29Cl2N3O4S. The van der Waals surface area contributed by atoms with E-state index in [-0.39, 0.29) is 11.4 Å². The molecule has 0 fully saturated rings. The molecule has 0 aliphatic rings. The van der Waals surface area contributed by atoms with E-state index in [0.717, 1.165) is 15.4 Å². The number of halogens is 2. The Hall–Kier alpha value is -3.07. The van der Waals surface area contributed by atoms with Crippen LogP contribution in [0.3, 0.4) is 0 Å². The molecule has 1 atom stereocenters. The number of benzene rings is 3. The minimum atomic E-state index is -4.12. The van der Waals surface area contributed by atoms with E-state index in [2.05, 4.69) is 5.32 Å². The number of nitrogens with one attached hydrogen (secondary N) is 1. The fourth-order valence-corrected chi connectivity index (χ4v) is 5.65. The van der Waals surface area contributed by atoms with Gasteiger partial charge in [-0.1, -0.05) is 64.7 Å². The smallest absolute Gasteiger partial charge is 0.264 e. The van der Waals surface area contributed by atoms with Gasteiger partial charge in [0.1, 0.15) is 12.6 Å². The number of hydrogen-bond acceptors (Lipinski definition) is 4. The highest BCUT2D eigenvalue weighted by atomic mass is 35.5. The zero-order valence-corrected chi connectivity index (χ0v) is 23.4. The number of aryl methyl sites for hydroxylation is 2. The molecule has 0 aliphatic carbocycles. The Labute approximate surface area is 228 Å². The second kappa shape index (κ2) is 12.0. The number of sulfonamides is 1. The third-order valence-corrected chi connectivity index (χ3v) is 8.51. The highest BCUT2D eigenvalue weighted by Gasteiger charge is 2.32. The summed E-state index contributed by atoms with van der Waals surface area (Å²) in [5, 5.41) is 3.20. The number of rotatable bonds is 9. The van der Waals surface area contributed by atoms with Crippen molar-refractivity contribution in [2.45, 2.75) is 38.3 Å². The second-order valence-electron chi connectivity index (χ2n) is 8.67. The van der Waals surface area contributed by atoms with Gasteiger partial charge in [-0.15, -0.1) is 0 Å². The Morgan fingerprint density at radius 2 is 1.41 bits per heavy atom. The lowest BCUT2D eigenvalue weighted by molar-refractivity contribution is -0.139. The van der Waals surface area contributed by atoms with Crippen LogP contribution >= 0.6 is 23.2 Å². The average Bonchev–Trinajstić information content (AvgIpc) is 2.87. The molecule has 0 saturated heterocycles. The maximum atomic E-state index is 13.8. The summed E-state index contributed by atoms with van der Waals surface area (Å²) in [7, 11) is -2.66. The Balaban J connectivity index is 2.06. The number of nitrogens with zero attached hydrogens (tertiary/aromatic N) is 2. The third-order valence-electron chi connectivity index (χ3n) is 6.01. The summed E-state index contributed by atoms with van der Waals surface area (Å²) in [6.45, 7) is 4.68. The Morgan fingerprint density at radius 1 is 0.892 bits per heavy atom. The molecule has 0 radical (unpaired) electrons. The van der Waals surface area contributed by atoms with Crippen molar-refractivity contribution in [3.8, 4) is 0 Å². The van der Waals surface area contributed by atoms with Crippen molar-refractivity contribution in [2.75, 3.05) is 17.9 Å². The summed E-state index contributed by atoms with van der Waals surface area (Å²) < 4.78 is 28.5. The van der Waals surface area contributed by atoms with Gasteiger partial charge in [0.15, 0.2) is 0 Å². The summed E-state index contributed by atoms with van der Waals surface area (Å²) in [5.74, 6) is -1.01. The van der Waals surface area contributed by atoms with Crippen molar-refractivity contribution in [1.82, 2.24) is 10.2 Å². The first-order valence-corrected chi connectivity index (χ1v) is 13.7. The fraction of sp³-hybridized carbons (Fsp3) is 0.259. The highest BCUT2D eigenvalue weighted by Crippen LogP contribution is 2.28. The van der Waals surface area contributed by atoms with Crippen LogP contribution in [0.1, 0.15) is 23.6 Å². The van der Waals surface area contributed by atoms with Gasteiger partial charge in [0.05, 0.1) is 10.6 Å². The topological polar surface area (TPSA) is 86.8 Å². The molecule has 196 valence electrons. The van der Waals surface area contributed by atoms with Gasteiger partial charge in [0, 0.05) is 29.2 Å². The Kier molecular flexibility index (Phi) is 9.23. The van der Waals surface area contributed by atoms with Crippen LogP contribution in [0, 0.1) is 13.8 Å². The summed E-state index contributed by atoms with van der Waals surface area (Å²) >= 11 is 12.7. The van der Waals surface area contributed by atoms with Crippen LogP contribution in [0.2, 0.25) is 10.0 Å². The first-order valence-electron chi connectivity index (χ1n) is 11.6. The van der Waals surface area contributed by atoms with Gasteiger partial charge in [-0.3, -0.25) is 13.9 Å². The van der Waals surface area contributed by atoms with Gasteiger partial charge in [0.25, 0.3) is 10.0 Å². The Bertz CT molecular complexity index is 1360. The van der Waals surface area contributed by atoms with Gasteiger partial charge < -0.3 is 10.2 Å². The van der Waals surface area contributed by atoms with Gasteiger partial charge in [-0.25, -0.2) is 8.42 Å². The lowest BCUT2D eigenvalue weighted by Gasteiger charge is -2.32. The van der Waals surface area contributed by atoms with E-state index < -0.39 is 34.4 Å². The van der Waals surface area contributed by atoms with E-state index in [1.807, 2.05) is 13.8 Å². The monoisotopic (exact) mass is 561 g/mol. The van der Waals surface area contributed by atoms with Crippen LogP contribution < -0.4 is 9.62 Å². The predicted octanol–water partition coefficient (Wildman–Crippen LogP) is 4.97. The van der Waals surface area contributed by atoms with Crippen LogP contribution in [0.25, 0.3) is 0 Å². The fourth-order valence-electron chi connectivity index (χ4n) is 3.72. The molecule has 1 N–H and O–H groups in total. The number of likely N-dealkylation sites (N-methyl/N-ethyl adjacent to an activating group) is 1. The SMILES string of the molecule is CNC(=O)C(C)N(Cc1c(Cl)cccc1Cl)C(=O)CN(c1ccc(C)cc1)S(=O)(=O)c1ccc(C)cc1. The summed E-state index contributed by atoms with van der Waals surface area (Å²) in [6, 6.07) is 17.3. The van der Waals surface area contributed by atoms with Crippen LogP contribution in [0.5, 0.6) is 0 Å². The minimum absolute atomic E-state index is 0.0477. The molecule has 2 amide bonds. The second-order valence-corrected chi connectivity index (χ2v) is 11.3. The molecule has 0 bridgehead atoms. The maximum absolute atomic E-state index is 13.8. The predicted molar refractivity (Wildman–Crippen MR) is 147 cm³/mol. The van der Waals surface area contributed by atoms with Crippen molar-refractivity contribution in [2.24, 2.45) is 0 Å². The lowest BCUT2D eigenvalue weighted by atomic mass is 10.1. The quantitative estimate of drug-likeness (QED) is 0.399. The summed E-state index contributed by atoms with van der Waals surface area (Å²) in [4.78, 5) is 27.7. The van der Waals surface area contributed by atoms with Crippen LogP contribution in [0.4, 0.5) is 5.69 Å². The molecule has 0 aromatic heterocycles. The molecule has 3 aromatic carbocycles. The van der Waals surface area contributed by atoms with E-state index in [1.54, 1.807) is 61.5 Å². The van der Waals surface area contributed by atoms with Crippen molar-refractivity contribution in [3.63, 3.8) is 0 Å². The molecule has 37 heavy (non-hydrogen) atoms. The minimum Gasteiger partial charge on any atom is -0.357 e. The van der Waals surface area contributed by atoms with Gasteiger partial charge in [-0.05, 0) is 57.2 Å². The first-order chi connectivity index (χ1) is 17.4. The standard InChI is InChI=1S/C27H29Cl2N3O4S/c1-18-8-12-21(13-9-18)32(37(35,36)22-14-10-19(2)11-15-22)17-26(33)31(20(3)27(34)30-4)16-23-24(28)6-5-7-25(23)29/h5-15,20H,16-17H2,1-4H3,(H,30,34). The van der Waals surface area contributed by atoms with Gasteiger partial charge in [0.2, 0.25) is 11.8 Å². The molecule has 10 heteroatoms. The van der Waals surface area contributed by atoms with E-state index in [0.29, 0.717) is 21.3 Å². The molecule has 3 rings (SSSR count). The van der Waals surface area contributed by atoms with Crippen molar-refractivity contribution < 1.29 is 18.0 Å². The molecule has 0 spiro atoms. The molecular weight excluding hydrogens is 533 g/mol. The lowest BCUT2D eigenvalue weighted by Crippen LogP contribution is -2.50. The normalized spacial score (nSPS) is 12.1. The van der Waals surface area contributed by atoms with Crippen LogP contribution in [0.15, 0.2) is 71.6 Å². The highest BCUT2D eigenvalue weighted by molar-refractivity contribution is 7.92. The Morgan fingerprint density at radius 3 is 1.92 bits per heavy atom. The van der Waals surface area contributed by atoms with Crippen LogP contribution in [-0.2, 0) is 26.2 Å². The molecule has 3 aromatic rings. The first kappa shape index (κ1) is 28.5. The van der Waals surface area contributed by atoms with Crippen LogP contribution in [-0.4, -0.2) is 44.8 Å². The number of hydrogen-bond donors (Lipinski definition) is 1. The zero-order chi connectivity index (χ0) is 27.3. The third kappa shape index (κ3) is 6.63. The van der Waals surface area contributed by atoms with E-state index in [1.165, 1.54) is 24.1 Å². The number of anilines is 1. The van der Waals surface area contributed by atoms with Crippen molar-refractivity contribution >= 4 is 50.7 Å². The zero-order valence-electron chi connectivity index (χ0n) is 21.0. The van der Waals surface area contributed by atoms with Crippen molar-refractivity contribution in [3.05, 3.63) is 93.5 Å². The van der Waals surface area contributed by atoms with Gasteiger partial charge >= 0.3 is 0 Å². The van der Waals surface area contributed by atoms with Gasteiger partial charge in [-0.2, -0.15) is 0 Å². The van der Waals surface area contributed by atoms with E-state index in [9.17, 15) is 18.0 Å². The molecule has 0 aliphatic heterocycles. The van der Waals surface area contributed by atoms with E-state index in [4.69, 9.17) is 23.2 Å². The molecule has 0 heterocycles. The molecule has 0 saturated carbocycles. The number of carbonyl (C=O) groups is 2. The molecule has 7 nitrogen and oxygen atoms in total. The number of amides is 2. The summed E-state index contributed by atoms with van der Waals surface area (Å²) in [5.41, 5.74) is 2.62. The number of carbonyl (C=O) groups excluding carboxylic acids is 2. The summed E-state index contributed by atoms with van der Waals surface area (Å²) in [6.07, 6.45) is 0. The molecule has 1 unspecified atom stereocenters. The average molecular weight is 563 g/mol. The largest absolute Gasteiger partial charge is 0.357 e. The van der Waals surface area contributed by atoms with E-state index >= 15 is 0 Å². The maximum Gasteiger partial charge on any atom is 0.264 e.